The molecule has 8 aromatic carbocycles. The summed E-state index contributed by atoms with van der Waals surface area (Å²) in [6.45, 7) is 0. The topological polar surface area (TPSA) is 21.3 Å². The highest BCUT2D eigenvalue weighted by Crippen LogP contribution is 2.45. The average molecular weight is 683 g/mol. The number of hydrogen-bond acceptors (Lipinski definition) is 3. The Morgan fingerprint density at radius 1 is 0.423 bits per heavy atom. The van der Waals surface area contributed by atoms with Gasteiger partial charge < -0.3 is 13.9 Å². The Labute approximate surface area is 303 Å². The Hall–Kier alpha value is -6.62. The summed E-state index contributed by atoms with van der Waals surface area (Å²) in [7, 11) is 0. The van der Waals surface area contributed by atoms with Crippen LogP contribution in [0, 0.1) is 0 Å². The zero-order valence-electron chi connectivity index (χ0n) is 28.0. The number of benzene rings is 8. The van der Waals surface area contributed by atoms with Gasteiger partial charge in [-0.3, -0.25) is 0 Å². The van der Waals surface area contributed by atoms with Crippen LogP contribution in [0.5, 0.6) is 0 Å². The van der Waals surface area contributed by atoms with Crippen LogP contribution in [-0.2, 0) is 0 Å². The highest BCUT2D eigenvalue weighted by molar-refractivity contribution is 7.25. The first-order chi connectivity index (χ1) is 25.8. The smallest absolute Gasteiger partial charge is 0.159 e. The summed E-state index contributed by atoms with van der Waals surface area (Å²) in [6, 6.07) is 65.4. The molecule has 3 aromatic heterocycles. The molecule has 3 heterocycles. The molecular weight excluding hydrogens is 653 g/mol. The number of rotatable bonds is 5. The molecule has 11 rings (SSSR count). The van der Waals surface area contributed by atoms with Crippen LogP contribution in [0.25, 0.3) is 80.7 Å². The Morgan fingerprint density at radius 3 is 1.98 bits per heavy atom. The number of furan rings is 1. The van der Waals surface area contributed by atoms with Crippen LogP contribution in [0.15, 0.2) is 186 Å². The minimum atomic E-state index is 0.870. The number of aromatic nitrogens is 1. The third-order valence-electron chi connectivity index (χ3n) is 10.4. The monoisotopic (exact) mass is 682 g/mol. The van der Waals surface area contributed by atoms with Gasteiger partial charge in [0, 0.05) is 58.8 Å². The lowest BCUT2D eigenvalue weighted by molar-refractivity contribution is 0.669. The van der Waals surface area contributed by atoms with Gasteiger partial charge in [0.25, 0.3) is 0 Å². The first kappa shape index (κ1) is 29.1. The van der Waals surface area contributed by atoms with E-state index in [0.717, 1.165) is 44.7 Å². The number of nitrogens with zero attached hydrogens (tertiary/aromatic N) is 2. The van der Waals surface area contributed by atoms with E-state index in [0.29, 0.717) is 0 Å². The average Bonchev–Trinajstić information content (AvgIpc) is 3.88. The summed E-state index contributed by atoms with van der Waals surface area (Å²) in [5.74, 6) is 0. The predicted molar refractivity (Wildman–Crippen MR) is 221 cm³/mol. The molecule has 0 unspecified atom stereocenters. The van der Waals surface area contributed by atoms with Gasteiger partial charge in [-0.2, -0.15) is 0 Å². The van der Waals surface area contributed by atoms with Gasteiger partial charge in [0.05, 0.1) is 16.7 Å². The molecule has 0 saturated carbocycles. The summed E-state index contributed by atoms with van der Waals surface area (Å²) >= 11 is 1.86. The van der Waals surface area contributed by atoms with Crippen LogP contribution < -0.4 is 4.90 Å². The maximum atomic E-state index is 6.64. The molecule has 3 nitrogen and oxygen atoms in total. The van der Waals surface area contributed by atoms with E-state index in [9.17, 15) is 0 Å². The molecule has 0 aliphatic heterocycles. The normalized spacial score (nSPS) is 11.8. The SMILES string of the molecule is c1ccc(-n2c3ccccc3c3cc(N(c4ccc(-c5ccc6c(c5)sc5ccccc56)cc4)c4cccc5c4oc4ccccc45)ccc32)cc1. The Bertz CT molecular complexity index is 3130. The molecule has 0 atom stereocenters. The first-order valence-corrected chi connectivity index (χ1v) is 18.4. The molecular formula is C48H30N2OS. The van der Waals surface area contributed by atoms with Crippen molar-refractivity contribution in [3.63, 3.8) is 0 Å². The quantitative estimate of drug-likeness (QED) is 0.180. The van der Waals surface area contributed by atoms with Crippen molar-refractivity contribution in [2.45, 2.75) is 0 Å². The maximum absolute atomic E-state index is 6.64. The summed E-state index contributed by atoms with van der Waals surface area (Å²) in [5, 5.41) is 7.28. The van der Waals surface area contributed by atoms with Gasteiger partial charge >= 0.3 is 0 Å². The van der Waals surface area contributed by atoms with E-state index in [-0.39, 0.29) is 0 Å². The van der Waals surface area contributed by atoms with Crippen molar-refractivity contribution >= 4 is 92.3 Å². The van der Waals surface area contributed by atoms with Gasteiger partial charge in [-0.15, -0.1) is 11.3 Å². The highest BCUT2D eigenvalue weighted by atomic mass is 32.1. The predicted octanol–water partition coefficient (Wildman–Crippen LogP) is 14.2. The molecule has 0 amide bonds. The molecule has 0 aliphatic rings. The molecule has 4 heteroatoms. The lowest BCUT2D eigenvalue weighted by Gasteiger charge is -2.26. The molecule has 11 aromatic rings. The lowest BCUT2D eigenvalue weighted by atomic mass is 10.0. The van der Waals surface area contributed by atoms with Gasteiger partial charge in [0.2, 0.25) is 0 Å². The lowest BCUT2D eigenvalue weighted by Crippen LogP contribution is -2.10. The van der Waals surface area contributed by atoms with Crippen molar-refractivity contribution in [1.82, 2.24) is 4.57 Å². The van der Waals surface area contributed by atoms with Gasteiger partial charge in [0.15, 0.2) is 5.58 Å². The number of thiophene rings is 1. The summed E-state index contributed by atoms with van der Waals surface area (Å²) in [4.78, 5) is 2.34. The molecule has 0 radical (unpaired) electrons. The summed E-state index contributed by atoms with van der Waals surface area (Å²) in [6.07, 6.45) is 0. The van der Waals surface area contributed by atoms with E-state index in [4.69, 9.17) is 4.42 Å². The molecule has 0 bridgehead atoms. The van der Waals surface area contributed by atoms with E-state index >= 15 is 0 Å². The molecule has 0 aliphatic carbocycles. The number of fused-ring (bicyclic) bond motifs is 9. The van der Waals surface area contributed by atoms with Crippen molar-refractivity contribution in [2.75, 3.05) is 4.90 Å². The standard InChI is InChI=1S/C48H30N2OS/c1-2-11-33(12-3-1)50-42-17-7-4-13-36(42)41-30-35(26-28-43(41)50)49(44-18-10-16-40-37-14-5-8-19-45(37)51-48(40)44)34-24-21-31(22-25-34)32-23-27-39-38-15-6-9-20-46(38)52-47(39)29-32/h1-30H. The van der Waals surface area contributed by atoms with Crippen molar-refractivity contribution in [3.8, 4) is 16.8 Å². The summed E-state index contributed by atoms with van der Waals surface area (Å²) in [5.41, 5.74) is 10.8. The third-order valence-corrected chi connectivity index (χ3v) is 11.5. The first-order valence-electron chi connectivity index (χ1n) is 17.6. The fourth-order valence-electron chi connectivity index (χ4n) is 8.00. The van der Waals surface area contributed by atoms with Crippen molar-refractivity contribution < 1.29 is 4.42 Å². The van der Waals surface area contributed by atoms with Crippen LogP contribution in [0.1, 0.15) is 0 Å². The van der Waals surface area contributed by atoms with Crippen molar-refractivity contribution in [1.29, 1.82) is 0 Å². The zero-order valence-corrected chi connectivity index (χ0v) is 28.8. The summed E-state index contributed by atoms with van der Waals surface area (Å²) < 4.78 is 11.6. The number of anilines is 3. The van der Waals surface area contributed by atoms with Gasteiger partial charge in [-0.05, 0) is 83.9 Å². The Kier molecular flexibility index (Phi) is 6.42. The van der Waals surface area contributed by atoms with Gasteiger partial charge in [0.1, 0.15) is 5.58 Å². The van der Waals surface area contributed by atoms with Crippen molar-refractivity contribution in [3.05, 3.63) is 182 Å². The molecule has 52 heavy (non-hydrogen) atoms. The molecule has 0 spiro atoms. The van der Waals surface area contributed by atoms with E-state index in [1.807, 2.05) is 17.4 Å². The van der Waals surface area contributed by atoms with Crippen molar-refractivity contribution in [2.24, 2.45) is 0 Å². The Balaban J connectivity index is 1.10. The minimum Gasteiger partial charge on any atom is -0.454 e. The zero-order chi connectivity index (χ0) is 34.2. The van der Waals surface area contributed by atoms with Crippen LogP contribution in [-0.4, -0.2) is 4.57 Å². The fourth-order valence-corrected chi connectivity index (χ4v) is 9.14. The molecule has 244 valence electrons. The Morgan fingerprint density at radius 2 is 1.10 bits per heavy atom. The fraction of sp³-hybridized carbons (Fsp3) is 0. The largest absolute Gasteiger partial charge is 0.454 e. The van der Waals surface area contributed by atoms with Crippen LogP contribution in [0.4, 0.5) is 17.1 Å². The van der Waals surface area contributed by atoms with Crippen LogP contribution in [0.3, 0.4) is 0 Å². The number of hydrogen-bond donors (Lipinski definition) is 0. The maximum Gasteiger partial charge on any atom is 0.159 e. The minimum absolute atomic E-state index is 0.870. The second-order valence-electron chi connectivity index (χ2n) is 13.3. The van der Waals surface area contributed by atoms with E-state index in [2.05, 4.69) is 185 Å². The molecule has 0 N–H and O–H groups in total. The van der Waals surface area contributed by atoms with Crippen LogP contribution >= 0.6 is 11.3 Å². The highest BCUT2D eigenvalue weighted by Gasteiger charge is 2.21. The van der Waals surface area contributed by atoms with Gasteiger partial charge in [-0.25, -0.2) is 0 Å². The molecule has 0 fully saturated rings. The van der Waals surface area contributed by atoms with Gasteiger partial charge in [-0.1, -0.05) is 109 Å². The third kappa shape index (κ3) is 4.45. The van der Waals surface area contributed by atoms with E-state index < -0.39 is 0 Å². The van der Waals surface area contributed by atoms with E-state index in [1.54, 1.807) is 0 Å². The molecule has 0 saturated heterocycles. The van der Waals surface area contributed by atoms with Crippen LogP contribution in [0.2, 0.25) is 0 Å². The second-order valence-corrected chi connectivity index (χ2v) is 14.4. The second kappa shape index (κ2) is 11.5. The van der Waals surface area contributed by atoms with E-state index in [1.165, 1.54) is 53.1 Å². The number of para-hydroxylation sites is 4.